The van der Waals surface area contributed by atoms with Crippen LogP contribution in [0.4, 0.5) is 4.39 Å². The zero-order valence-electron chi connectivity index (χ0n) is 6.77. The van der Waals surface area contributed by atoms with Gasteiger partial charge in [0.15, 0.2) is 0 Å². The van der Waals surface area contributed by atoms with Crippen LogP contribution >= 0.6 is 11.3 Å². The van der Waals surface area contributed by atoms with E-state index in [1.54, 1.807) is 0 Å². The van der Waals surface area contributed by atoms with Gasteiger partial charge in [0.1, 0.15) is 10.0 Å². The maximum absolute atomic E-state index is 12.7. The summed E-state index contributed by atoms with van der Waals surface area (Å²) in [5, 5.41) is 0.601. The molecule has 0 aliphatic carbocycles. The van der Waals surface area contributed by atoms with Gasteiger partial charge in [-0.1, -0.05) is 6.07 Å². The quantitative estimate of drug-likeness (QED) is 0.767. The molecule has 0 unspecified atom stereocenters. The summed E-state index contributed by atoms with van der Waals surface area (Å²) in [5.74, 6) is -0.429. The predicted octanol–water partition coefficient (Wildman–Crippen LogP) is 2.29. The van der Waals surface area contributed by atoms with Gasteiger partial charge in [0.25, 0.3) is 0 Å². The molecular formula is C8H5FO3S2. The molecule has 0 bridgehead atoms. The van der Waals surface area contributed by atoms with Gasteiger partial charge in [0.2, 0.25) is 0 Å². The van der Waals surface area contributed by atoms with E-state index < -0.39 is 15.9 Å². The second kappa shape index (κ2) is 3.01. The molecule has 0 atom stereocenters. The smallest absolute Gasteiger partial charge is 0.281 e. The summed E-state index contributed by atoms with van der Waals surface area (Å²) < 4.78 is 43.3. The topological polar surface area (TPSA) is 54.4 Å². The van der Waals surface area contributed by atoms with Crippen molar-refractivity contribution in [2.45, 2.75) is 4.21 Å². The van der Waals surface area contributed by atoms with E-state index in [1.165, 1.54) is 24.3 Å². The Kier molecular flexibility index (Phi) is 2.06. The summed E-state index contributed by atoms with van der Waals surface area (Å²) >= 11 is 0.840. The Bertz CT molecular complexity index is 586. The second-order valence-electron chi connectivity index (χ2n) is 2.72. The number of hydrogen-bond donors (Lipinski definition) is 1. The van der Waals surface area contributed by atoms with Gasteiger partial charge >= 0.3 is 10.1 Å². The highest BCUT2D eigenvalue weighted by Gasteiger charge is 2.13. The highest BCUT2D eigenvalue weighted by Crippen LogP contribution is 2.29. The molecule has 0 radical (unpaired) electrons. The normalized spacial score (nSPS) is 12.1. The van der Waals surface area contributed by atoms with Crippen molar-refractivity contribution in [2.24, 2.45) is 0 Å². The molecule has 74 valence electrons. The molecule has 14 heavy (non-hydrogen) atoms. The average Bonchev–Trinajstić information content (AvgIpc) is 2.45. The number of thiophene rings is 1. The molecule has 2 aromatic rings. The van der Waals surface area contributed by atoms with Gasteiger partial charge in [0, 0.05) is 4.70 Å². The molecule has 0 amide bonds. The maximum atomic E-state index is 12.7. The molecule has 0 fully saturated rings. The largest absolute Gasteiger partial charge is 0.304 e. The summed E-state index contributed by atoms with van der Waals surface area (Å²) in [5.41, 5.74) is 0. The van der Waals surface area contributed by atoms with Crippen LogP contribution in [0.15, 0.2) is 28.5 Å². The fraction of sp³-hybridized carbons (Fsp3) is 0. The first-order valence-electron chi connectivity index (χ1n) is 3.63. The van der Waals surface area contributed by atoms with Crippen LogP contribution in [-0.4, -0.2) is 13.0 Å². The van der Waals surface area contributed by atoms with Gasteiger partial charge in [-0.3, -0.25) is 4.55 Å². The Morgan fingerprint density at radius 1 is 1.29 bits per heavy atom. The predicted molar refractivity (Wildman–Crippen MR) is 51.6 cm³/mol. The Morgan fingerprint density at radius 3 is 2.64 bits per heavy atom. The second-order valence-corrected chi connectivity index (χ2v) is 5.45. The standard InChI is InChI=1S/C8H5FO3S2/c9-6-2-1-5-3-8(14(10,11)12)13-7(5)4-6/h1-4H,(H,10,11,12). The molecule has 1 aromatic carbocycles. The fourth-order valence-electron chi connectivity index (χ4n) is 1.11. The third kappa shape index (κ3) is 1.63. The van der Waals surface area contributed by atoms with Crippen molar-refractivity contribution in [3.8, 4) is 0 Å². The highest BCUT2D eigenvalue weighted by molar-refractivity contribution is 7.88. The number of benzene rings is 1. The van der Waals surface area contributed by atoms with E-state index in [4.69, 9.17) is 4.55 Å². The van der Waals surface area contributed by atoms with E-state index in [0.29, 0.717) is 10.1 Å². The Labute approximate surface area is 83.5 Å². The minimum atomic E-state index is -4.18. The van der Waals surface area contributed by atoms with Gasteiger partial charge in [-0.2, -0.15) is 8.42 Å². The number of fused-ring (bicyclic) bond motifs is 1. The monoisotopic (exact) mass is 232 g/mol. The Hall–Kier alpha value is -0.980. The third-order valence-corrected chi connectivity index (χ3v) is 4.11. The third-order valence-electron chi connectivity index (χ3n) is 1.71. The van der Waals surface area contributed by atoms with Crippen molar-refractivity contribution in [2.75, 3.05) is 0 Å². The van der Waals surface area contributed by atoms with E-state index in [2.05, 4.69) is 0 Å². The lowest BCUT2D eigenvalue weighted by molar-refractivity contribution is 0.485. The van der Waals surface area contributed by atoms with Crippen LogP contribution < -0.4 is 0 Å². The number of halogens is 1. The van der Waals surface area contributed by atoms with Crippen LogP contribution in [0, 0.1) is 5.82 Å². The average molecular weight is 232 g/mol. The van der Waals surface area contributed by atoms with Crippen molar-refractivity contribution < 1.29 is 17.4 Å². The summed E-state index contributed by atoms with van der Waals surface area (Å²) in [6.45, 7) is 0. The molecule has 0 aliphatic heterocycles. The van der Waals surface area contributed by atoms with E-state index >= 15 is 0 Å². The summed E-state index contributed by atoms with van der Waals surface area (Å²) in [7, 11) is -4.18. The van der Waals surface area contributed by atoms with Crippen molar-refractivity contribution in [1.29, 1.82) is 0 Å². The molecule has 0 saturated heterocycles. The molecule has 3 nitrogen and oxygen atoms in total. The van der Waals surface area contributed by atoms with Gasteiger partial charge < -0.3 is 0 Å². The molecule has 1 heterocycles. The van der Waals surface area contributed by atoms with Crippen LogP contribution in [0.1, 0.15) is 0 Å². The van der Waals surface area contributed by atoms with E-state index in [9.17, 15) is 12.8 Å². The van der Waals surface area contributed by atoms with Crippen LogP contribution in [0.25, 0.3) is 10.1 Å². The molecule has 6 heteroatoms. The molecule has 2 rings (SSSR count). The zero-order chi connectivity index (χ0) is 10.3. The van der Waals surface area contributed by atoms with Crippen molar-refractivity contribution >= 4 is 31.5 Å². The van der Waals surface area contributed by atoms with Crippen molar-refractivity contribution in [1.82, 2.24) is 0 Å². The summed E-state index contributed by atoms with van der Waals surface area (Å²) in [6, 6.07) is 5.25. The number of hydrogen-bond acceptors (Lipinski definition) is 3. The minimum absolute atomic E-state index is 0.168. The van der Waals surface area contributed by atoms with Crippen molar-refractivity contribution in [3.63, 3.8) is 0 Å². The summed E-state index contributed by atoms with van der Waals surface area (Å²) in [6.07, 6.45) is 0. The lowest BCUT2D eigenvalue weighted by Gasteiger charge is -1.86. The first kappa shape index (κ1) is 9.57. The van der Waals surface area contributed by atoms with E-state index in [-0.39, 0.29) is 4.21 Å². The van der Waals surface area contributed by atoms with Crippen LogP contribution in [-0.2, 0) is 10.1 Å². The summed E-state index contributed by atoms with van der Waals surface area (Å²) in [4.78, 5) is 0. The molecule has 0 spiro atoms. The van der Waals surface area contributed by atoms with Crippen molar-refractivity contribution in [3.05, 3.63) is 30.1 Å². The van der Waals surface area contributed by atoms with Crippen LogP contribution in [0.2, 0.25) is 0 Å². The molecule has 1 N–H and O–H groups in total. The fourth-order valence-corrected chi connectivity index (χ4v) is 2.89. The number of rotatable bonds is 1. The zero-order valence-corrected chi connectivity index (χ0v) is 8.40. The maximum Gasteiger partial charge on any atom is 0.304 e. The molecule has 0 saturated carbocycles. The molecule has 0 aliphatic rings. The van der Waals surface area contributed by atoms with Gasteiger partial charge in [-0.05, 0) is 23.6 Å². The Morgan fingerprint density at radius 2 is 2.00 bits per heavy atom. The molecule has 1 aromatic heterocycles. The van der Waals surface area contributed by atoms with Crippen LogP contribution in [0.3, 0.4) is 0 Å². The Balaban J connectivity index is 2.75. The first-order valence-corrected chi connectivity index (χ1v) is 5.89. The minimum Gasteiger partial charge on any atom is -0.281 e. The lowest BCUT2D eigenvalue weighted by Crippen LogP contribution is -1.92. The van der Waals surface area contributed by atoms with Gasteiger partial charge in [-0.15, -0.1) is 11.3 Å². The van der Waals surface area contributed by atoms with Gasteiger partial charge in [-0.25, -0.2) is 4.39 Å². The van der Waals surface area contributed by atoms with Gasteiger partial charge in [0.05, 0.1) is 0 Å². The lowest BCUT2D eigenvalue weighted by atomic mass is 10.3. The SMILES string of the molecule is O=S(=O)(O)c1cc2ccc(F)cc2s1. The molecular weight excluding hydrogens is 227 g/mol. The first-order chi connectivity index (χ1) is 6.47. The highest BCUT2D eigenvalue weighted by atomic mass is 32.3. The van der Waals surface area contributed by atoms with Crippen LogP contribution in [0.5, 0.6) is 0 Å². The van der Waals surface area contributed by atoms with E-state index in [1.807, 2.05) is 0 Å². The van der Waals surface area contributed by atoms with E-state index in [0.717, 1.165) is 11.3 Å².